The summed E-state index contributed by atoms with van der Waals surface area (Å²) < 4.78 is 14.5. The summed E-state index contributed by atoms with van der Waals surface area (Å²) in [7, 11) is 5.93. The summed E-state index contributed by atoms with van der Waals surface area (Å²) in [5.74, 6) is 0.333. The van der Waals surface area contributed by atoms with E-state index in [9.17, 15) is 4.39 Å². The number of aromatic nitrogens is 1. The number of likely N-dealkylation sites (N-methyl/N-ethyl adjacent to an activating group) is 1. The van der Waals surface area contributed by atoms with Crippen molar-refractivity contribution in [2.24, 2.45) is 0 Å². The van der Waals surface area contributed by atoms with E-state index in [2.05, 4.69) is 34.2 Å². The van der Waals surface area contributed by atoms with Crippen molar-refractivity contribution >= 4 is 5.82 Å². The summed E-state index contributed by atoms with van der Waals surface area (Å²) in [6.07, 6.45) is 3.92. The summed E-state index contributed by atoms with van der Waals surface area (Å²) in [6, 6.07) is 2.11. The lowest BCUT2D eigenvalue weighted by Crippen LogP contribution is -2.38. The third kappa shape index (κ3) is 3.22. The van der Waals surface area contributed by atoms with Gasteiger partial charge in [0.15, 0.2) is 11.6 Å². The molecule has 1 atom stereocenters. The lowest BCUT2D eigenvalue weighted by molar-refractivity contribution is 0.370. The quantitative estimate of drug-likeness (QED) is 0.874. The van der Waals surface area contributed by atoms with Gasteiger partial charge in [0.05, 0.1) is 0 Å². The standard InChI is InChI=1S/C14H23FN4/c1-16-9-11-6-7-17-14(13(11)15)19-8-4-5-12(19)10-18(2)3/h6-7,12,16H,4-5,8-10H2,1-3H3. The highest BCUT2D eigenvalue weighted by molar-refractivity contribution is 5.45. The fraction of sp³-hybridized carbons (Fsp3) is 0.643. The van der Waals surface area contributed by atoms with Crippen molar-refractivity contribution in [3.63, 3.8) is 0 Å². The zero-order chi connectivity index (χ0) is 13.8. The molecule has 4 nitrogen and oxygen atoms in total. The van der Waals surface area contributed by atoms with Crippen LogP contribution in [0, 0.1) is 5.82 Å². The molecule has 1 saturated heterocycles. The van der Waals surface area contributed by atoms with Crippen LogP contribution in [-0.4, -0.2) is 50.2 Å². The lowest BCUT2D eigenvalue weighted by atomic mass is 10.2. The van der Waals surface area contributed by atoms with Gasteiger partial charge in [-0.2, -0.15) is 0 Å². The molecule has 1 N–H and O–H groups in total. The highest BCUT2D eigenvalue weighted by Gasteiger charge is 2.28. The molecule has 0 spiro atoms. The third-order valence-corrected chi connectivity index (χ3v) is 3.54. The minimum atomic E-state index is -0.178. The number of pyridine rings is 1. The van der Waals surface area contributed by atoms with Crippen molar-refractivity contribution in [1.82, 2.24) is 15.2 Å². The molecule has 0 bridgehead atoms. The van der Waals surface area contributed by atoms with E-state index in [1.54, 1.807) is 12.3 Å². The van der Waals surface area contributed by atoms with Gasteiger partial charge >= 0.3 is 0 Å². The van der Waals surface area contributed by atoms with E-state index >= 15 is 0 Å². The smallest absolute Gasteiger partial charge is 0.170 e. The largest absolute Gasteiger partial charge is 0.350 e. The van der Waals surface area contributed by atoms with Crippen LogP contribution < -0.4 is 10.2 Å². The van der Waals surface area contributed by atoms with Gasteiger partial charge in [-0.1, -0.05) is 0 Å². The van der Waals surface area contributed by atoms with Crippen molar-refractivity contribution in [1.29, 1.82) is 0 Å². The Kier molecular flexibility index (Phi) is 4.71. The molecule has 106 valence electrons. The number of anilines is 1. The van der Waals surface area contributed by atoms with Gasteiger partial charge in [0.2, 0.25) is 0 Å². The molecule has 19 heavy (non-hydrogen) atoms. The zero-order valence-corrected chi connectivity index (χ0v) is 12.0. The first-order chi connectivity index (χ1) is 9.13. The molecule has 2 heterocycles. The van der Waals surface area contributed by atoms with Gasteiger partial charge in [-0.15, -0.1) is 0 Å². The molecule has 0 aromatic carbocycles. The lowest BCUT2D eigenvalue weighted by Gasteiger charge is -2.28. The normalized spacial score (nSPS) is 19.4. The van der Waals surface area contributed by atoms with Gasteiger partial charge in [0.1, 0.15) is 0 Å². The fourth-order valence-corrected chi connectivity index (χ4v) is 2.72. The first kappa shape index (κ1) is 14.2. The number of rotatable bonds is 5. The van der Waals surface area contributed by atoms with Gasteiger partial charge in [-0.25, -0.2) is 9.37 Å². The molecule has 1 aliphatic rings. The van der Waals surface area contributed by atoms with Crippen LogP contribution >= 0.6 is 0 Å². The van der Waals surface area contributed by atoms with E-state index in [0.29, 0.717) is 24.0 Å². The Balaban J connectivity index is 2.22. The number of hydrogen-bond acceptors (Lipinski definition) is 4. The molecule has 1 aromatic heterocycles. The number of nitrogens with one attached hydrogen (secondary N) is 1. The van der Waals surface area contributed by atoms with Crippen molar-refractivity contribution < 1.29 is 4.39 Å². The summed E-state index contributed by atoms with van der Waals surface area (Å²) in [4.78, 5) is 8.54. The molecule has 0 saturated carbocycles. The summed E-state index contributed by atoms with van der Waals surface area (Å²) in [5, 5.41) is 2.99. The number of nitrogens with zero attached hydrogens (tertiary/aromatic N) is 3. The van der Waals surface area contributed by atoms with E-state index < -0.39 is 0 Å². The molecule has 1 aliphatic heterocycles. The summed E-state index contributed by atoms with van der Waals surface area (Å²) >= 11 is 0. The maximum atomic E-state index is 14.5. The molecule has 1 aromatic rings. The summed E-state index contributed by atoms with van der Waals surface area (Å²) in [6.45, 7) is 2.37. The van der Waals surface area contributed by atoms with Crippen LogP contribution in [0.3, 0.4) is 0 Å². The van der Waals surface area contributed by atoms with Gasteiger partial charge in [-0.3, -0.25) is 0 Å². The van der Waals surface area contributed by atoms with Crippen molar-refractivity contribution in [3.05, 3.63) is 23.6 Å². The first-order valence-corrected chi connectivity index (χ1v) is 6.83. The van der Waals surface area contributed by atoms with Crippen molar-refractivity contribution in [3.8, 4) is 0 Å². The fourth-order valence-electron chi connectivity index (χ4n) is 2.72. The predicted molar refractivity (Wildman–Crippen MR) is 75.9 cm³/mol. The number of hydrogen-bond donors (Lipinski definition) is 1. The maximum Gasteiger partial charge on any atom is 0.170 e. The van der Waals surface area contributed by atoms with E-state index in [1.165, 1.54) is 0 Å². The molecule has 1 unspecified atom stereocenters. The average Bonchev–Trinajstić information content (AvgIpc) is 2.79. The second-order valence-corrected chi connectivity index (χ2v) is 5.39. The van der Waals surface area contributed by atoms with E-state index in [0.717, 1.165) is 25.9 Å². The average molecular weight is 266 g/mol. The minimum absolute atomic E-state index is 0.178. The van der Waals surface area contributed by atoms with Crippen LogP contribution in [0.1, 0.15) is 18.4 Å². The monoisotopic (exact) mass is 266 g/mol. The second-order valence-electron chi connectivity index (χ2n) is 5.39. The molecule has 0 radical (unpaired) electrons. The molecular formula is C14H23FN4. The van der Waals surface area contributed by atoms with Gasteiger partial charge in [0, 0.05) is 37.4 Å². The van der Waals surface area contributed by atoms with Crippen LogP contribution in [0.2, 0.25) is 0 Å². The number of halogens is 1. The van der Waals surface area contributed by atoms with Gasteiger partial charge < -0.3 is 15.1 Å². The molecule has 1 fully saturated rings. The third-order valence-electron chi connectivity index (χ3n) is 3.54. The summed E-state index contributed by atoms with van der Waals surface area (Å²) in [5.41, 5.74) is 0.683. The maximum absolute atomic E-state index is 14.5. The van der Waals surface area contributed by atoms with E-state index in [-0.39, 0.29) is 5.82 Å². The van der Waals surface area contributed by atoms with Crippen molar-refractivity contribution in [2.75, 3.05) is 39.1 Å². The molecule has 0 aliphatic carbocycles. The van der Waals surface area contributed by atoms with Crippen LogP contribution in [0.4, 0.5) is 10.2 Å². The Morgan fingerprint density at radius 3 is 3.00 bits per heavy atom. The Labute approximate surface area is 114 Å². The Hall–Kier alpha value is -1.20. The van der Waals surface area contributed by atoms with E-state index in [4.69, 9.17) is 0 Å². The van der Waals surface area contributed by atoms with Crippen LogP contribution in [0.25, 0.3) is 0 Å². The van der Waals surface area contributed by atoms with Crippen LogP contribution in [0.15, 0.2) is 12.3 Å². The predicted octanol–water partition coefficient (Wildman–Crippen LogP) is 1.47. The Bertz CT molecular complexity index is 422. The topological polar surface area (TPSA) is 31.4 Å². The van der Waals surface area contributed by atoms with Gasteiger partial charge in [-0.05, 0) is 40.1 Å². The SMILES string of the molecule is CNCc1ccnc(N2CCCC2CN(C)C)c1F. The Morgan fingerprint density at radius 1 is 1.53 bits per heavy atom. The molecular weight excluding hydrogens is 243 g/mol. The highest BCUT2D eigenvalue weighted by Crippen LogP contribution is 2.27. The van der Waals surface area contributed by atoms with Crippen LogP contribution in [0.5, 0.6) is 0 Å². The second kappa shape index (κ2) is 6.30. The van der Waals surface area contributed by atoms with Gasteiger partial charge in [0.25, 0.3) is 0 Å². The highest BCUT2D eigenvalue weighted by atomic mass is 19.1. The molecule has 0 amide bonds. The zero-order valence-electron chi connectivity index (χ0n) is 12.0. The molecule has 5 heteroatoms. The first-order valence-electron chi connectivity index (χ1n) is 6.83. The Morgan fingerprint density at radius 2 is 2.32 bits per heavy atom. The van der Waals surface area contributed by atoms with Crippen LogP contribution in [-0.2, 0) is 6.54 Å². The minimum Gasteiger partial charge on any atom is -0.350 e. The van der Waals surface area contributed by atoms with Crippen molar-refractivity contribution in [2.45, 2.75) is 25.4 Å². The molecule has 2 rings (SSSR count). The van der Waals surface area contributed by atoms with E-state index in [1.807, 2.05) is 7.05 Å².